The van der Waals surface area contributed by atoms with Crippen molar-refractivity contribution in [2.45, 2.75) is 0 Å². The number of hydrogen-bond donors (Lipinski definition) is 0. The first-order valence-corrected chi connectivity index (χ1v) is 8.62. The van der Waals surface area contributed by atoms with Gasteiger partial charge in [-0.05, 0) is 41.5 Å². The van der Waals surface area contributed by atoms with Gasteiger partial charge in [0.25, 0.3) is 5.91 Å². The van der Waals surface area contributed by atoms with Crippen LogP contribution in [-0.4, -0.2) is 43.7 Å². The number of ether oxygens (including phenoxy) is 2. The monoisotopic (exact) mass is 366 g/mol. The highest BCUT2D eigenvalue weighted by atomic mass is 19.1. The molecule has 0 spiro atoms. The van der Waals surface area contributed by atoms with E-state index in [1.165, 1.54) is 12.1 Å². The Bertz CT molecular complexity index is 848. The summed E-state index contributed by atoms with van der Waals surface area (Å²) >= 11 is 0. The lowest BCUT2D eigenvalue weighted by Crippen LogP contribution is -2.42. The van der Waals surface area contributed by atoms with E-state index in [1.807, 2.05) is 0 Å². The molecule has 0 saturated carbocycles. The van der Waals surface area contributed by atoms with Crippen molar-refractivity contribution < 1.29 is 18.7 Å². The Morgan fingerprint density at radius 1 is 1.15 bits per heavy atom. The van der Waals surface area contributed by atoms with Crippen LogP contribution in [0.1, 0.15) is 11.1 Å². The minimum atomic E-state index is -0.343. The van der Waals surface area contributed by atoms with Crippen molar-refractivity contribution in [3.05, 3.63) is 65.5 Å². The van der Waals surface area contributed by atoms with E-state index in [2.05, 4.69) is 6.07 Å². The predicted molar refractivity (Wildman–Crippen MR) is 99.2 cm³/mol. The number of amides is 1. The molecule has 5 nitrogen and oxygen atoms in total. The van der Waals surface area contributed by atoms with E-state index in [0.717, 1.165) is 5.56 Å². The number of halogens is 1. The van der Waals surface area contributed by atoms with Gasteiger partial charge in [0.15, 0.2) is 6.61 Å². The second kappa shape index (κ2) is 8.97. The first kappa shape index (κ1) is 18.6. The summed E-state index contributed by atoms with van der Waals surface area (Å²) in [5, 5.41) is 9.35. The van der Waals surface area contributed by atoms with Crippen molar-refractivity contribution in [2.24, 2.45) is 0 Å². The number of carbonyl (C=O) groups excluding carboxylic acids is 1. The minimum Gasteiger partial charge on any atom is -0.484 e. The van der Waals surface area contributed by atoms with Crippen molar-refractivity contribution in [3.63, 3.8) is 0 Å². The van der Waals surface area contributed by atoms with Gasteiger partial charge in [0.2, 0.25) is 0 Å². The van der Waals surface area contributed by atoms with Gasteiger partial charge < -0.3 is 14.4 Å². The van der Waals surface area contributed by atoms with Crippen molar-refractivity contribution in [1.82, 2.24) is 4.90 Å². The molecule has 1 heterocycles. The Hall–Kier alpha value is -3.17. The molecule has 0 radical (unpaired) electrons. The van der Waals surface area contributed by atoms with E-state index >= 15 is 0 Å². The molecule has 0 atom stereocenters. The molecule has 1 fully saturated rings. The molecule has 2 aromatic carbocycles. The van der Waals surface area contributed by atoms with Crippen LogP contribution in [0.25, 0.3) is 11.6 Å². The van der Waals surface area contributed by atoms with Gasteiger partial charge in [0.1, 0.15) is 11.6 Å². The standard InChI is InChI=1S/C21H19FN2O3/c22-19-5-3-17(4-6-19)18(14-23)13-16-1-7-20(8-2-16)27-15-21(25)24-9-11-26-12-10-24/h1-8,13H,9-12,15H2/b18-13-. The van der Waals surface area contributed by atoms with Crippen LogP contribution in [0.2, 0.25) is 0 Å². The number of morpholine rings is 1. The van der Waals surface area contributed by atoms with Crippen LogP contribution in [0.3, 0.4) is 0 Å². The summed E-state index contributed by atoms with van der Waals surface area (Å²) in [4.78, 5) is 13.8. The highest BCUT2D eigenvalue weighted by Gasteiger charge is 2.17. The minimum absolute atomic E-state index is 0.0196. The van der Waals surface area contributed by atoms with E-state index in [0.29, 0.717) is 43.2 Å². The maximum Gasteiger partial charge on any atom is 0.260 e. The summed E-state index contributed by atoms with van der Waals surface area (Å²) in [6.07, 6.45) is 1.72. The number of nitrogens with zero attached hydrogens (tertiary/aromatic N) is 2. The molecule has 0 aliphatic carbocycles. The predicted octanol–water partition coefficient (Wildman–Crippen LogP) is 3.13. The SMILES string of the molecule is N#C/C(=C/c1ccc(OCC(=O)N2CCOCC2)cc1)c1ccc(F)cc1. The lowest BCUT2D eigenvalue weighted by Gasteiger charge is -2.26. The zero-order valence-corrected chi connectivity index (χ0v) is 14.7. The summed E-state index contributed by atoms with van der Waals surface area (Å²) in [6, 6.07) is 15.0. The molecular formula is C21H19FN2O3. The van der Waals surface area contributed by atoms with Crippen LogP contribution in [0.15, 0.2) is 48.5 Å². The lowest BCUT2D eigenvalue weighted by molar-refractivity contribution is -0.137. The van der Waals surface area contributed by atoms with E-state index in [4.69, 9.17) is 9.47 Å². The van der Waals surface area contributed by atoms with Crippen LogP contribution in [0.4, 0.5) is 4.39 Å². The zero-order valence-electron chi connectivity index (χ0n) is 14.7. The van der Waals surface area contributed by atoms with Crippen molar-refractivity contribution in [1.29, 1.82) is 5.26 Å². The fourth-order valence-electron chi connectivity index (χ4n) is 2.69. The maximum absolute atomic E-state index is 13.0. The Labute approximate surface area is 157 Å². The first-order chi connectivity index (χ1) is 13.2. The molecule has 1 aliphatic heterocycles. The van der Waals surface area contributed by atoms with E-state index in [1.54, 1.807) is 47.4 Å². The third kappa shape index (κ3) is 5.16. The van der Waals surface area contributed by atoms with Crippen molar-refractivity contribution in [2.75, 3.05) is 32.9 Å². The van der Waals surface area contributed by atoms with Crippen molar-refractivity contribution in [3.8, 4) is 11.8 Å². The van der Waals surface area contributed by atoms with Gasteiger partial charge in [-0.1, -0.05) is 24.3 Å². The number of carbonyl (C=O) groups is 1. The Morgan fingerprint density at radius 2 is 1.81 bits per heavy atom. The Balaban J connectivity index is 1.61. The van der Waals surface area contributed by atoms with Crippen LogP contribution in [0, 0.1) is 17.1 Å². The van der Waals surface area contributed by atoms with Gasteiger partial charge in [0, 0.05) is 13.1 Å². The first-order valence-electron chi connectivity index (χ1n) is 8.62. The normalized spacial score (nSPS) is 14.5. The third-order valence-corrected chi connectivity index (χ3v) is 4.19. The fraction of sp³-hybridized carbons (Fsp3) is 0.238. The van der Waals surface area contributed by atoms with Crippen molar-refractivity contribution >= 4 is 17.6 Å². The highest BCUT2D eigenvalue weighted by molar-refractivity contribution is 5.89. The van der Waals surface area contributed by atoms with Gasteiger partial charge in [0.05, 0.1) is 24.9 Å². The Kier molecular flexibility index (Phi) is 6.18. The zero-order chi connectivity index (χ0) is 19.1. The summed E-state index contributed by atoms with van der Waals surface area (Å²) in [7, 11) is 0. The number of rotatable bonds is 5. The summed E-state index contributed by atoms with van der Waals surface area (Å²) in [6.45, 7) is 2.27. The average Bonchev–Trinajstić information content (AvgIpc) is 2.72. The topological polar surface area (TPSA) is 62.6 Å². The molecule has 0 unspecified atom stereocenters. The number of hydrogen-bond acceptors (Lipinski definition) is 4. The molecule has 0 aromatic heterocycles. The third-order valence-electron chi connectivity index (χ3n) is 4.19. The molecule has 138 valence electrons. The summed E-state index contributed by atoms with van der Waals surface area (Å²) in [5.41, 5.74) is 1.89. The molecule has 1 saturated heterocycles. The smallest absolute Gasteiger partial charge is 0.260 e. The van der Waals surface area contributed by atoms with Crippen LogP contribution in [0.5, 0.6) is 5.75 Å². The molecule has 3 rings (SSSR count). The molecule has 1 amide bonds. The molecular weight excluding hydrogens is 347 g/mol. The summed E-state index contributed by atoms with van der Waals surface area (Å²) in [5.74, 6) is 0.170. The molecule has 2 aromatic rings. The fourth-order valence-corrected chi connectivity index (χ4v) is 2.69. The van der Waals surface area contributed by atoms with Gasteiger partial charge in [-0.2, -0.15) is 5.26 Å². The molecule has 27 heavy (non-hydrogen) atoms. The van der Waals surface area contributed by atoms with Crippen LogP contribution >= 0.6 is 0 Å². The van der Waals surface area contributed by atoms with Crippen LogP contribution < -0.4 is 4.74 Å². The van der Waals surface area contributed by atoms with Gasteiger partial charge >= 0.3 is 0 Å². The number of nitriles is 1. The van der Waals surface area contributed by atoms with Gasteiger partial charge in [-0.25, -0.2) is 4.39 Å². The van der Waals surface area contributed by atoms with E-state index < -0.39 is 0 Å². The quantitative estimate of drug-likeness (QED) is 0.602. The molecule has 0 N–H and O–H groups in total. The van der Waals surface area contributed by atoms with Gasteiger partial charge in [-0.3, -0.25) is 4.79 Å². The second-order valence-corrected chi connectivity index (χ2v) is 6.03. The van der Waals surface area contributed by atoms with Crippen LogP contribution in [-0.2, 0) is 9.53 Å². The summed E-state index contributed by atoms with van der Waals surface area (Å²) < 4.78 is 23.8. The van der Waals surface area contributed by atoms with Gasteiger partial charge in [-0.15, -0.1) is 0 Å². The average molecular weight is 366 g/mol. The molecule has 6 heteroatoms. The Morgan fingerprint density at radius 3 is 2.44 bits per heavy atom. The number of benzene rings is 2. The second-order valence-electron chi connectivity index (χ2n) is 6.03. The van der Waals surface area contributed by atoms with E-state index in [-0.39, 0.29) is 18.3 Å². The number of allylic oxidation sites excluding steroid dienone is 1. The lowest BCUT2D eigenvalue weighted by atomic mass is 10.0. The van der Waals surface area contributed by atoms with E-state index in [9.17, 15) is 14.4 Å². The molecule has 0 bridgehead atoms. The maximum atomic E-state index is 13.0. The molecule has 1 aliphatic rings. The largest absolute Gasteiger partial charge is 0.484 e. The highest BCUT2D eigenvalue weighted by Crippen LogP contribution is 2.20.